The number of benzene rings is 1. The molecular formula is C17H22FNO2. The van der Waals surface area contributed by atoms with Crippen molar-refractivity contribution in [3.63, 3.8) is 0 Å². The van der Waals surface area contributed by atoms with Crippen molar-refractivity contribution in [3.05, 3.63) is 35.6 Å². The van der Waals surface area contributed by atoms with Gasteiger partial charge in [0, 0.05) is 12.6 Å². The van der Waals surface area contributed by atoms with Gasteiger partial charge in [-0.05, 0) is 49.3 Å². The molecule has 0 bridgehead atoms. The number of piperidine rings is 1. The third kappa shape index (κ3) is 3.10. The predicted molar refractivity (Wildman–Crippen MR) is 78.3 cm³/mol. The molecule has 3 rings (SSSR count). The second-order valence-electron chi connectivity index (χ2n) is 6.35. The van der Waals surface area contributed by atoms with Crippen LogP contribution in [0.5, 0.6) is 0 Å². The van der Waals surface area contributed by atoms with Crippen molar-refractivity contribution in [1.29, 1.82) is 0 Å². The summed E-state index contributed by atoms with van der Waals surface area (Å²) in [7, 11) is 0. The molecule has 1 aliphatic heterocycles. The highest BCUT2D eigenvalue weighted by atomic mass is 19.1. The zero-order chi connectivity index (χ0) is 14.8. The number of carbonyl (C=O) groups is 1. The third-order valence-corrected chi connectivity index (χ3v) is 5.05. The minimum atomic E-state index is -0.740. The molecule has 0 amide bonds. The number of halogens is 1. The lowest BCUT2D eigenvalue weighted by molar-refractivity contribution is -0.148. The maximum atomic E-state index is 13.4. The van der Waals surface area contributed by atoms with Crippen LogP contribution < -0.4 is 0 Å². The highest BCUT2D eigenvalue weighted by Crippen LogP contribution is 2.38. The van der Waals surface area contributed by atoms with Gasteiger partial charge in [-0.25, -0.2) is 4.39 Å². The molecule has 0 spiro atoms. The topological polar surface area (TPSA) is 40.5 Å². The second-order valence-corrected chi connectivity index (χ2v) is 6.35. The normalized spacial score (nSPS) is 29.9. The summed E-state index contributed by atoms with van der Waals surface area (Å²) in [5.41, 5.74) is 0.868. The van der Waals surface area contributed by atoms with E-state index in [9.17, 15) is 14.3 Å². The molecule has 21 heavy (non-hydrogen) atoms. The molecule has 2 aliphatic rings. The zero-order valence-electron chi connectivity index (χ0n) is 12.2. The molecule has 3 atom stereocenters. The average Bonchev–Trinajstić information content (AvgIpc) is 2.47. The Morgan fingerprint density at radius 3 is 2.81 bits per heavy atom. The maximum Gasteiger partial charge on any atom is 0.320 e. The minimum absolute atomic E-state index is 0.253. The Bertz CT molecular complexity index is 519. The molecule has 1 N–H and O–H groups in total. The lowest BCUT2D eigenvalue weighted by Gasteiger charge is -2.47. The molecular weight excluding hydrogens is 269 g/mol. The van der Waals surface area contributed by atoms with Crippen molar-refractivity contribution in [2.24, 2.45) is 5.92 Å². The Balaban J connectivity index is 1.83. The van der Waals surface area contributed by atoms with Gasteiger partial charge in [0.2, 0.25) is 0 Å². The van der Waals surface area contributed by atoms with Gasteiger partial charge in [-0.1, -0.05) is 25.0 Å². The Hall–Kier alpha value is -1.42. The lowest BCUT2D eigenvalue weighted by atomic mass is 9.76. The van der Waals surface area contributed by atoms with Crippen molar-refractivity contribution in [2.75, 3.05) is 0 Å². The molecule has 3 nitrogen and oxygen atoms in total. The Morgan fingerprint density at radius 2 is 2.05 bits per heavy atom. The fourth-order valence-corrected chi connectivity index (χ4v) is 4.07. The van der Waals surface area contributed by atoms with Crippen LogP contribution in [0.4, 0.5) is 4.39 Å². The first kappa shape index (κ1) is 14.5. The number of nitrogens with zero attached hydrogens (tertiary/aromatic N) is 1. The number of carboxylic acid groups (broad SMARTS) is 1. The Kier molecular flexibility index (Phi) is 4.24. The SMILES string of the molecule is O=C(O)C1CCC2CCCCC2N1Cc1cccc(F)c1. The van der Waals surface area contributed by atoms with E-state index in [1.54, 1.807) is 6.07 Å². The molecule has 1 saturated heterocycles. The van der Waals surface area contributed by atoms with Crippen molar-refractivity contribution >= 4 is 5.97 Å². The average molecular weight is 291 g/mol. The monoisotopic (exact) mass is 291 g/mol. The van der Waals surface area contributed by atoms with Crippen molar-refractivity contribution in [1.82, 2.24) is 4.90 Å². The summed E-state index contributed by atoms with van der Waals surface area (Å²) in [6.45, 7) is 0.538. The molecule has 114 valence electrons. The summed E-state index contributed by atoms with van der Waals surface area (Å²) in [5, 5.41) is 9.52. The van der Waals surface area contributed by atoms with Crippen LogP contribution in [0.1, 0.15) is 44.1 Å². The van der Waals surface area contributed by atoms with Crippen molar-refractivity contribution in [2.45, 2.75) is 57.2 Å². The molecule has 1 aliphatic carbocycles. The molecule has 4 heteroatoms. The highest BCUT2D eigenvalue weighted by molar-refractivity contribution is 5.73. The van der Waals surface area contributed by atoms with Crippen LogP contribution in [0.3, 0.4) is 0 Å². The molecule has 0 aromatic heterocycles. The molecule has 1 heterocycles. The van der Waals surface area contributed by atoms with E-state index in [0.717, 1.165) is 18.4 Å². The predicted octanol–water partition coefficient (Wildman–Crippen LogP) is 3.43. The quantitative estimate of drug-likeness (QED) is 0.927. The molecule has 1 saturated carbocycles. The summed E-state index contributed by atoms with van der Waals surface area (Å²) in [5.74, 6) is -0.380. The van der Waals surface area contributed by atoms with Gasteiger partial charge < -0.3 is 5.11 Å². The summed E-state index contributed by atoms with van der Waals surface area (Å²) in [6.07, 6.45) is 6.44. The lowest BCUT2D eigenvalue weighted by Crippen LogP contribution is -2.54. The first-order valence-electron chi connectivity index (χ1n) is 7.88. The first-order valence-corrected chi connectivity index (χ1v) is 7.88. The second kappa shape index (κ2) is 6.14. The fourth-order valence-electron chi connectivity index (χ4n) is 4.07. The molecule has 0 radical (unpaired) electrons. The summed E-state index contributed by atoms with van der Waals surface area (Å²) >= 11 is 0. The molecule has 2 fully saturated rings. The third-order valence-electron chi connectivity index (χ3n) is 5.05. The van der Waals surface area contributed by atoms with E-state index in [1.165, 1.54) is 31.4 Å². The first-order chi connectivity index (χ1) is 10.1. The number of carboxylic acids is 1. The van der Waals surface area contributed by atoms with Gasteiger partial charge >= 0.3 is 5.97 Å². The number of rotatable bonds is 3. The van der Waals surface area contributed by atoms with Gasteiger partial charge in [-0.15, -0.1) is 0 Å². The van der Waals surface area contributed by atoms with E-state index in [2.05, 4.69) is 4.90 Å². The van der Waals surface area contributed by atoms with Crippen molar-refractivity contribution in [3.8, 4) is 0 Å². The van der Waals surface area contributed by atoms with E-state index in [0.29, 0.717) is 24.9 Å². The molecule has 1 aromatic rings. The van der Waals surface area contributed by atoms with Gasteiger partial charge in [0.1, 0.15) is 11.9 Å². The van der Waals surface area contributed by atoms with E-state index in [-0.39, 0.29) is 5.82 Å². The van der Waals surface area contributed by atoms with Crippen LogP contribution in [-0.4, -0.2) is 28.1 Å². The summed E-state index contributed by atoms with van der Waals surface area (Å²) in [4.78, 5) is 13.7. The van der Waals surface area contributed by atoms with Crippen molar-refractivity contribution < 1.29 is 14.3 Å². The van der Waals surface area contributed by atoms with Crippen LogP contribution in [0, 0.1) is 11.7 Å². The molecule has 3 unspecified atom stereocenters. The van der Waals surface area contributed by atoms with E-state index < -0.39 is 12.0 Å². The minimum Gasteiger partial charge on any atom is -0.480 e. The van der Waals surface area contributed by atoms with E-state index >= 15 is 0 Å². The van der Waals surface area contributed by atoms with Crippen LogP contribution >= 0.6 is 0 Å². The number of fused-ring (bicyclic) bond motifs is 1. The fraction of sp³-hybridized carbons (Fsp3) is 0.588. The number of aliphatic carboxylic acids is 1. The maximum absolute atomic E-state index is 13.4. The standard InChI is InChI=1S/C17H22FNO2/c18-14-6-3-4-12(10-14)11-19-15-7-2-1-5-13(15)8-9-16(19)17(20)21/h3-4,6,10,13,15-16H,1-2,5,7-9,11H2,(H,20,21). The zero-order valence-corrected chi connectivity index (χ0v) is 12.2. The largest absolute Gasteiger partial charge is 0.480 e. The van der Waals surface area contributed by atoms with Crippen LogP contribution in [-0.2, 0) is 11.3 Å². The Morgan fingerprint density at radius 1 is 1.24 bits per heavy atom. The summed E-state index contributed by atoms with van der Waals surface area (Å²) in [6, 6.07) is 6.45. The number of likely N-dealkylation sites (tertiary alicyclic amines) is 1. The van der Waals surface area contributed by atoms with Gasteiger partial charge in [-0.3, -0.25) is 9.69 Å². The highest BCUT2D eigenvalue weighted by Gasteiger charge is 2.41. The van der Waals surface area contributed by atoms with E-state index in [4.69, 9.17) is 0 Å². The van der Waals surface area contributed by atoms with Crippen LogP contribution in [0.2, 0.25) is 0 Å². The van der Waals surface area contributed by atoms with Gasteiger partial charge in [-0.2, -0.15) is 0 Å². The van der Waals surface area contributed by atoms with Gasteiger partial charge in [0.15, 0.2) is 0 Å². The van der Waals surface area contributed by atoms with Crippen LogP contribution in [0.25, 0.3) is 0 Å². The molecule has 1 aromatic carbocycles. The number of hydrogen-bond donors (Lipinski definition) is 1. The Labute approximate surface area is 124 Å². The van der Waals surface area contributed by atoms with E-state index in [1.807, 2.05) is 6.07 Å². The van der Waals surface area contributed by atoms with Gasteiger partial charge in [0.05, 0.1) is 0 Å². The smallest absolute Gasteiger partial charge is 0.320 e. The van der Waals surface area contributed by atoms with Gasteiger partial charge in [0.25, 0.3) is 0 Å². The van der Waals surface area contributed by atoms with Crippen LogP contribution in [0.15, 0.2) is 24.3 Å². The summed E-state index contributed by atoms with van der Waals surface area (Å²) < 4.78 is 13.4. The number of hydrogen-bond acceptors (Lipinski definition) is 2.